The van der Waals surface area contributed by atoms with Crippen molar-refractivity contribution < 1.29 is 14.2 Å². The molecule has 2 fully saturated rings. The van der Waals surface area contributed by atoms with Crippen LogP contribution in [0.25, 0.3) is 0 Å². The van der Waals surface area contributed by atoms with Crippen LogP contribution < -0.4 is 4.74 Å². The zero-order valence-corrected chi connectivity index (χ0v) is 18.7. The highest BCUT2D eigenvalue weighted by Crippen LogP contribution is 2.42. The molecular formula is C26H34O3. The fraction of sp³-hybridized carbons (Fsp3) is 0.538. The Kier molecular flexibility index (Phi) is 5.25. The molecule has 2 aliphatic rings. The average molecular weight is 395 g/mol. The lowest BCUT2D eigenvalue weighted by Crippen LogP contribution is -2.19. The molecule has 156 valence electrons. The first-order valence-corrected chi connectivity index (χ1v) is 10.8. The van der Waals surface area contributed by atoms with Gasteiger partial charge >= 0.3 is 0 Å². The minimum Gasteiger partial charge on any atom is -0.457 e. The van der Waals surface area contributed by atoms with Crippen LogP contribution in [0.4, 0.5) is 0 Å². The van der Waals surface area contributed by atoms with E-state index in [0.717, 1.165) is 37.6 Å². The average Bonchev–Trinajstić information content (AvgIpc) is 3.50. The summed E-state index contributed by atoms with van der Waals surface area (Å²) >= 11 is 0. The first-order valence-electron chi connectivity index (χ1n) is 10.8. The lowest BCUT2D eigenvalue weighted by molar-refractivity contribution is 0.401. The molecule has 0 amide bonds. The molecule has 2 heterocycles. The summed E-state index contributed by atoms with van der Waals surface area (Å²) in [5, 5.41) is 0. The molecule has 0 N–H and O–H groups in total. The Labute approximate surface area is 175 Å². The molecule has 4 rings (SSSR count). The zero-order chi connectivity index (χ0) is 20.8. The Hall–Kier alpha value is -1.84. The zero-order valence-electron chi connectivity index (χ0n) is 18.7. The molecule has 0 bridgehead atoms. The van der Waals surface area contributed by atoms with Gasteiger partial charge in [0.25, 0.3) is 0 Å². The highest BCUT2D eigenvalue weighted by atomic mass is 16.6. The van der Waals surface area contributed by atoms with Crippen LogP contribution in [0.5, 0.6) is 11.5 Å². The second-order valence-electron chi connectivity index (χ2n) is 10.5. The number of rotatable bonds is 6. The van der Waals surface area contributed by atoms with Crippen LogP contribution in [0.1, 0.15) is 63.8 Å². The third-order valence-electron chi connectivity index (χ3n) is 5.64. The van der Waals surface area contributed by atoms with E-state index in [1.54, 1.807) is 0 Å². The maximum absolute atomic E-state index is 6.70. The van der Waals surface area contributed by atoms with E-state index in [1.807, 2.05) is 0 Å². The molecule has 0 spiro atoms. The molecule has 2 atom stereocenters. The van der Waals surface area contributed by atoms with Crippen LogP contribution in [0.15, 0.2) is 36.4 Å². The van der Waals surface area contributed by atoms with Crippen molar-refractivity contribution in [3.05, 3.63) is 58.7 Å². The maximum Gasteiger partial charge on any atom is 0.131 e. The van der Waals surface area contributed by atoms with Gasteiger partial charge in [0.05, 0.1) is 25.4 Å². The molecule has 0 aromatic heterocycles. The number of epoxide rings is 2. The van der Waals surface area contributed by atoms with E-state index in [-0.39, 0.29) is 10.8 Å². The molecular weight excluding hydrogens is 360 g/mol. The monoisotopic (exact) mass is 394 g/mol. The van der Waals surface area contributed by atoms with Gasteiger partial charge in [-0.3, -0.25) is 0 Å². The van der Waals surface area contributed by atoms with Crippen molar-refractivity contribution in [3.8, 4) is 11.5 Å². The molecule has 2 aromatic carbocycles. The van der Waals surface area contributed by atoms with Gasteiger partial charge in [0.2, 0.25) is 0 Å². The number of hydrogen-bond donors (Lipinski definition) is 0. The molecule has 0 saturated carbocycles. The molecule has 2 saturated heterocycles. The van der Waals surface area contributed by atoms with E-state index in [2.05, 4.69) is 77.9 Å². The van der Waals surface area contributed by atoms with Gasteiger partial charge in [-0.15, -0.1) is 0 Å². The van der Waals surface area contributed by atoms with Crippen molar-refractivity contribution in [1.82, 2.24) is 0 Å². The first-order chi connectivity index (χ1) is 13.6. The first kappa shape index (κ1) is 20.4. The second kappa shape index (κ2) is 7.45. The maximum atomic E-state index is 6.70. The standard InChI is InChI=1S/C26H34O3/c1-25(2,3)23-17(13-19-15-27-19)9-7-11-21(23)29-22-12-8-10-18(14-20-16-28-20)24(22)26(4,5)6/h7-12,19-20H,13-16H2,1-6H3. The van der Waals surface area contributed by atoms with E-state index in [1.165, 1.54) is 22.3 Å². The summed E-state index contributed by atoms with van der Waals surface area (Å²) in [5.41, 5.74) is 5.21. The van der Waals surface area contributed by atoms with Gasteiger partial charge in [-0.1, -0.05) is 65.8 Å². The molecule has 2 aromatic rings. The summed E-state index contributed by atoms with van der Waals surface area (Å²) in [6, 6.07) is 12.9. The predicted molar refractivity (Wildman–Crippen MR) is 117 cm³/mol. The van der Waals surface area contributed by atoms with Crippen LogP contribution in [0.3, 0.4) is 0 Å². The fourth-order valence-electron chi connectivity index (χ4n) is 4.35. The van der Waals surface area contributed by atoms with Gasteiger partial charge in [-0.05, 0) is 34.1 Å². The SMILES string of the molecule is CC(C)(C)c1c(CC2CO2)cccc1Oc1cccc(CC2CO2)c1C(C)(C)C. The van der Waals surface area contributed by atoms with Crippen molar-refractivity contribution in [2.24, 2.45) is 0 Å². The quantitative estimate of drug-likeness (QED) is 0.567. The topological polar surface area (TPSA) is 34.3 Å². The second-order valence-corrected chi connectivity index (χ2v) is 10.5. The molecule has 2 unspecified atom stereocenters. The third kappa shape index (κ3) is 4.84. The van der Waals surface area contributed by atoms with Crippen molar-refractivity contribution >= 4 is 0 Å². The Morgan fingerprint density at radius 1 is 0.724 bits per heavy atom. The van der Waals surface area contributed by atoms with Gasteiger partial charge in [0, 0.05) is 24.0 Å². The number of ether oxygens (including phenoxy) is 3. The van der Waals surface area contributed by atoms with Crippen LogP contribution in [0, 0.1) is 0 Å². The van der Waals surface area contributed by atoms with E-state index < -0.39 is 0 Å². The van der Waals surface area contributed by atoms with Crippen LogP contribution in [0.2, 0.25) is 0 Å². The van der Waals surface area contributed by atoms with Crippen LogP contribution >= 0.6 is 0 Å². The molecule has 2 aliphatic heterocycles. The number of benzene rings is 2. The highest BCUT2D eigenvalue weighted by molar-refractivity contribution is 5.51. The lowest BCUT2D eigenvalue weighted by Gasteiger charge is -2.29. The summed E-state index contributed by atoms with van der Waals surface area (Å²) in [6.45, 7) is 15.3. The van der Waals surface area contributed by atoms with E-state index in [0.29, 0.717) is 12.2 Å². The minimum atomic E-state index is -0.0117. The molecule has 29 heavy (non-hydrogen) atoms. The van der Waals surface area contributed by atoms with Gasteiger partial charge in [-0.25, -0.2) is 0 Å². The smallest absolute Gasteiger partial charge is 0.131 e. The lowest BCUT2D eigenvalue weighted by atomic mass is 9.81. The largest absolute Gasteiger partial charge is 0.457 e. The Morgan fingerprint density at radius 2 is 1.10 bits per heavy atom. The Morgan fingerprint density at radius 3 is 1.41 bits per heavy atom. The van der Waals surface area contributed by atoms with Crippen molar-refractivity contribution in [1.29, 1.82) is 0 Å². The summed E-state index contributed by atoms with van der Waals surface area (Å²) in [7, 11) is 0. The van der Waals surface area contributed by atoms with Crippen molar-refractivity contribution in [2.45, 2.75) is 77.4 Å². The van der Waals surface area contributed by atoms with Gasteiger partial charge in [-0.2, -0.15) is 0 Å². The van der Waals surface area contributed by atoms with Gasteiger partial charge in [0.15, 0.2) is 0 Å². The molecule has 0 radical (unpaired) electrons. The summed E-state index contributed by atoms with van der Waals surface area (Å²) in [6.07, 6.45) is 2.63. The summed E-state index contributed by atoms with van der Waals surface area (Å²) < 4.78 is 17.7. The fourth-order valence-corrected chi connectivity index (χ4v) is 4.35. The van der Waals surface area contributed by atoms with Gasteiger partial charge < -0.3 is 14.2 Å². The highest BCUT2D eigenvalue weighted by Gasteiger charge is 2.31. The summed E-state index contributed by atoms with van der Waals surface area (Å²) in [4.78, 5) is 0. The third-order valence-corrected chi connectivity index (χ3v) is 5.64. The molecule has 3 heteroatoms. The Balaban J connectivity index is 1.76. The number of hydrogen-bond acceptors (Lipinski definition) is 3. The molecule has 3 nitrogen and oxygen atoms in total. The Bertz CT molecular complexity index is 804. The summed E-state index contributed by atoms with van der Waals surface area (Å²) in [5.74, 6) is 1.92. The van der Waals surface area contributed by atoms with E-state index in [9.17, 15) is 0 Å². The van der Waals surface area contributed by atoms with Crippen molar-refractivity contribution in [2.75, 3.05) is 13.2 Å². The van der Waals surface area contributed by atoms with E-state index in [4.69, 9.17) is 14.2 Å². The van der Waals surface area contributed by atoms with E-state index >= 15 is 0 Å². The van der Waals surface area contributed by atoms with Crippen LogP contribution in [-0.2, 0) is 33.1 Å². The molecule has 0 aliphatic carbocycles. The minimum absolute atomic E-state index is 0.0117. The van der Waals surface area contributed by atoms with Crippen molar-refractivity contribution in [3.63, 3.8) is 0 Å². The normalized spacial score (nSPS) is 21.2. The van der Waals surface area contributed by atoms with Gasteiger partial charge in [0.1, 0.15) is 11.5 Å². The van der Waals surface area contributed by atoms with Crippen LogP contribution in [-0.4, -0.2) is 25.4 Å². The predicted octanol–water partition coefficient (Wildman–Crippen LogP) is 5.96.